The van der Waals surface area contributed by atoms with Crippen molar-refractivity contribution in [1.82, 2.24) is 0 Å². The number of rotatable bonds is 0. The molecular weight excluding hydrogens is 446 g/mol. The van der Waals surface area contributed by atoms with E-state index in [0.717, 1.165) is 0 Å². The standard InChI is InChI=1S/C19H22.C17H17N/c1-18-11-5-6-12-19(18,2)17-10-9-14-7-3-4-8-15(14)16(17)13-18;1-17-11-5-4-8-15(17)18-16-13-7-3-2-6-12(13)9-10-14(16)17/h3-4,7-10H,5-6,11-13H2,1-2H3;2-3,6-7,9-10H,4-5,8,11H2,1H3. The van der Waals surface area contributed by atoms with Gasteiger partial charge in [-0.1, -0.05) is 113 Å². The molecule has 3 atom stereocenters. The first-order valence-electron chi connectivity index (χ1n) is 14.5. The Balaban J connectivity index is 0.000000125. The molecule has 2 saturated carbocycles. The zero-order valence-electron chi connectivity index (χ0n) is 22.7. The van der Waals surface area contributed by atoms with Crippen molar-refractivity contribution in [3.63, 3.8) is 0 Å². The van der Waals surface area contributed by atoms with E-state index in [1.807, 2.05) is 0 Å². The Morgan fingerprint density at radius 3 is 2.08 bits per heavy atom. The van der Waals surface area contributed by atoms with Gasteiger partial charge in [-0.15, -0.1) is 0 Å². The average molecular weight is 486 g/mol. The van der Waals surface area contributed by atoms with E-state index in [9.17, 15) is 0 Å². The van der Waals surface area contributed by atoms with Crippen LogP contribution in [0.15, 0.2) is 77.8 Å². The van der Waals surface area contributed by atoms with Gasteiger partial charge in [0.1, 0.15) is 0 Å². The van der Waals surface area contributed by atoms with Crippen LogP contribution in [0.3, 0.4) is 0 Å². The smallest absolute Gasteiger partial charge is 0.0749 e. The van der Waals surface area contributed by atoms with Gasteiger partial charge in [-0.2, -0.15) is 0 Å². The lowest BCUT2D eigenvalue weighted by atomic mass is 9.58. The number of aliphatic imine (C=N–C) groups is 1. The number of benzene rings is 4. The van der Waals surface area contributed by atoms with Crippen molar-refractivity contribution in [2.24, 2.45) is 10.4 Å². The largest absolute Gasteiger partial charge is 0.256 e. The number of hydrogen-bond donors (Lipinski definition) is 0. The van der Waals surface area contributed by atoms with Crippen molar-refractivity contribution in [3.05, 3.63) is 89.5 Å². The zero-order valence-corrected chi connectivity index (χ0v) is 22.7. The van der Waals surface area contributed by atoms with Crippen LogP contribution in [-0.2, 0) is 17.3 Å². The Labute approximate surface area is 222 Å². The van der Waals surface area contributed by atoms with Crippen LogP contribution in [0.25, 0.3) is 21.5 Å². The van der Waals surface area contributed by atoms with Crippen LogP contribution in [-0.4, -0.2) is 5.71 Å². The second-order valence-electron chi connectivity index (χ2n) is 12.9. The summed E-state index contributed by atoms with van der Waals surface area (Å²) in [6, 6.07) is 26.8. The second kappa shape index (κ2) is 8.29. The molecule has 0 N–H and O–H groups in total. The Bertz CT molecular complexity index is 1560. The zero-order chi connectivity index (χ0) is 25.3. The van der Waals surface area contributed by atoms with E-state index in [1.165, 1.54) is 96.3 Å². The van der Waals surface area contributed by atoms with E-state index in [0.29, 0.717) is 10.8 Å². The summed E-state index contributed by atoms with van der Waals surface area (Å²) < 4.78 is 0. The molecule has 1 heteroatoms. The second-order valence-corrected chi connectivity index (χ2v) is 12.9. The molecule has 188 valence electrons. The molecule has 2 fully saturated rings. The highest BCUT2D eigenvalue weighted by molar-refractivity contribution is 6.08. The minimum atomic E-state index is 0.220. The summed E-state index contributed by atoms with van der Waals surface area (Å²) in [6.07, 6.45) is 11.9. The number of hydrogen-bond acceptors (Lipinski definition) is 1. The van der Waals surface area contributed by atoms with Crippen LogP contribution in [0.1, 0.15) is 88.8 Å². The summed E-state index contributed by atoms with van der Waals surface area (Å²) in [6.45, 7) is 7.43. The van der Waals surface area contributed by atoms with E-state index < -0.39 is 0 Å². The van der Waals surface area contributed by atoms with Gasteiger partial charge in [-0.3, -0.25) is 4.99 Å². The summed E-state index contributed by atoms with van der Waals surface area (Å²) in [5, 5.41) is 5.53. The van der Waals surface area contributed by atoms with Gasteiger partial charge in [0, 0.05) is 16.5 Å². The molecule has 4 aliphatic rings. The molecule has 1 aliphatic heterocycles. The molecule has 4 aromatic carbocycles. The molecular formula is C36H39N. The minimum Gasteiger partial charge on any atom is -0.256 e. The molecule has 3 aliphatic carbocycles. The fourth-order valence-corrected chi connectivity index (χ4v) is 8.36. The molecule has 0 saturated heterocycles. The average Bonchev–Trinajstić information content (AvgIpc) is 3.37. The van der Waals surface area contributed by atoms with Gasteiger partial charge in [0.05, 0.1) is 5.69 Å². The topological polar surface area (TPSA) is 12.4 Å². The summed E-state index contributed by atoms with van der Waals surface area (Å²) in [4.78, 5) is 4.99. The summed E-state index contributed by atoms with van der Waals surface area (Å²) >= 11 is 0. The lowest BCUT2D eigenvalue weighted by Crippen LogP contribution is -2.40. The Morgan fingerprint density at radius 2 is 1.27 bits per heavy atom. The van der Waals surface area contributed by atoms with Gasteiger partial charge < -0.3 is 0 Å². The molecule has 1 heterocycles. The van der Waals surface area contributed by atoms with Crippen LogP contribution in [0, 0.1) is 5.41 Å². The first-order chi connectivity index (χ1) is 17.9. The minimum absolute atomic E-state index is 0.220. The van der Waals surface area contributed by atoms with Gasteiger partial charge in [0.2, 0.25) is 0 Å². The summed E-state index contributed by atoms with van der Waals surface area (Å²) in [5.41, 5.74) is 8.52. The summed E-state index contributed by atoms with van der Waals surface area (Å²) in [7, 11) is 0. The highest BCUT2D eigenvalue weighted by atomic mass is 14.8. The molecule has 0 aromatic heterocycles. The molecule has 0 radical (unpaired) electrons. The van der Waals surface area contributed by atoms with Crippen LogP contribution < -0.4 is 0 Å². The van der Waals surface area contributed by atoms with Crippen LogP contribution >= 0.6 is 0 Å². The van der Waals surface area contributed by atoms with Crippen molar-refractivity contribution in [2.45, 2.75) is 89.4 Å². The van der Waals surface area contributed by atoms with Gasteiger partial charge >= 0.3 is 0 Å². The molecule has 3 unspecified atom stereocenters. The molecule has 4 aromatic rings. The van der Waals surface area contributed by atoms with Gasteiger partial charge in [0.25, 0.3) is 0 Å². The van der Waals surface area contributed by atoms with Crippen molar-refractivity contribution >= 4 is 32.9 Å². The SMILES string of the molecule is CC12CCCCC1(C)c1ccc3ccccc3c1C2.CC12CCCCC1=Nc1c2ccc2ccccc12. The third kappa shape index (κ3) is 3.32. The van der Waals surface area contributed by atoms with Crippen molar-refractivity contribution in [1.29, 1.82) is 0 Å². The quantitative estimate of drug-likeness (QED) is 0.235. The maximum absolute atomic E-state index is 4.99. The van der Waals surface area contributed by atoms with E-state index in [2.05, 4.69) is 93.6 Å². The Morgan fingerprint density at radius 1 is 0.622 bits per heavy atom. The molecule has 0 spiro atoms. The fraction of sp³-hybridized carbons (Fsp3) is 0.417. The van der Waals surface area contributed by atoms with E-state index in [-0.39, 0.29) is 5.41 Å². The number of nitrogens with zero attached hydrogens (tertiary/aromatic N) is 1. The lowest BCUT2D eigenvalue weighted by Gasteiger charge is -2.46. The van der Waals surface area contributed by atoms with Crippen molar-refractivity contribution in [3.8, 4) is 0 Å². The predicted octanol–water partition coefficient (Wildman–Crippen LogP) is 9.99. The summed E-state index contributed by atoms with van der Waals surface area (Å²) in [5.74, 6) is 0. The third-order valence-corrected chi connectivity index (χ3v) is 10.9. The van der Waals surface area contributed by atoms with Crippen molar-refractivity contribution in [2.75, 3.05) is 0 Å². The molecule has 8 rings (SSSR count). The van der Waals surface area contributed by atoms with Crippen LogP contribution in [0.2, 0.25) is 0 Å². The van der Waals surface area contributed by atoms with E-state index >= 15 is 0 Å². The fourth-order valence-electron chi connectivity index (χ4n) is 8.36. The van der Waals surface area contributed by atoms with E-state index in [1.54, 1.807) is 11.1 Å². The highest BCUT2D eigenvalue weighted by Crippen LogP contribution is 2.60. The van der Waals surface area contributed by atoms with Gasteiger partial charge in [0.15, 0.2) is 0 Å². The van der Waals surface area contributed by atoms with E-state index in [4.69, 9.17) is 4.99 Å². The van der Waals surface area contributed by atoms with Crippen LogP contribution in [0.5, 0.6) is 0 Å². The van der Waals surface area contributed by atoms with Gasteiger partial charge in [-0.05, 0) is 82.2 Å². The molecule has 37 heavy (non-hydrogen) atoms. The predicted molar refractivity (Wildman–Crippen MR) is 158 cm³/mol. The molecule has 0 amide bonds. The first kappa shape index (κ1) is 23.2. The Hall–Kier alpha value is -2.93. The maximum atomic E-state index is 4.99. The monoisotopic (exact) mass is 485 g/mol. The highest BCUT2D eigenvalue weighted by Gasteiger charge is 2.52. The first-order valence-corrected chi connectivity index (χ1v) is 14.5. The molecule has 1 nitrogen and oxygen atoms in total. The number of fused-ring (bicyclic) bond motifs is 10. The van der Waals surface area contributed by atoms with Crippen LogP contribution in [0.4, 0.5) is 5.69 Å². The molecule has 0 bridgehead atoms. The maximum Gasteiger partial charge on any atom is 0.0749 e. The lowest BCUT2D eigenvalue weighted by molar-refractivity contribution is 0.110. The third-order valence-electron chi connectivity index (χ3n) is 10.9. The normalized spacial score (nSPS) is 29.5. The van der Waals surface area contributed by atoms with Crippen molar-refractivity contribution < 1.29 is 0 Å². The Kier molecular flexibility index (Phi) is 5.20. The van der Waals surface area contributed by atoms with Gasteiger partial charge in [-0.25, -0.2) is 0 Å².